The van der Waals surface area contributed by atoms with E-state index < -0.39 is 0 Å². The molecule has 0 amide bonds. The lowest BCUT2D eigenvalue weighted by atomic mass is 9.46. The molecule has 0 aromatic heterocycles. The number of rotatable bonds is 1. The normalized spacial score (nSPS) is 48.4. The summed E-state index contributed by atoms with van der Waals surface area (Å²) in [6.07, 6.45) is 13.5. The summed E-state index contributed by atoms with van der Waals surface area (Å²) in [6.45, 7) is 11.7. The van der Waals surface area contributed by atoms with Gasteiger partial charge < -0.3 is 0 Å². The van der Waals surface area contributed by atoms with Crippen molar-refractivity contribution >= 4 is 5.71 Å². The van der Waals surface area contributed by atoms with E-state index in [1.165, 1.54) is 62.7 Å². The highest BCUT2D eigenvalue weighted by molar-refractivity contribution is 5.85. The Bertz CT molecular complexity index is 612. The third-order valence-electron chi connectivity index (χ3n) is 8.94. The van der Waals surface area contributed by atoms with Gasteiger partial charge in [-0.3, -0.25) is 4.99 Å². The largest absolute Gasteiger partial charge is 0.297 e. The van der Waals surface area contributed by atoms with Crippen molar-refractivity contribution in [2.75, 3.05) is 7.05 Å². The SMILES string of the molecule is C=C1C=C2CCC3C(CCC4(C)C(/C(C)=N/C)CCC34)C2(C)CC1. The molecule has 6 atom stereocenters. The molecule has 3 saturated carbocycles. The molecule has 4 rings (SSSR count). The second-order valence-electron chi connectivity index (χ2n) is 9.70. The Morgan fingerprint density at radius 3 is 2.62 bits per heavy atom. The van der Waals surface area contributed by atoms with Crippen LogP contribution in [0, 0.1) is 34.5 Å². The van der Waals surface area contributed by atoms with Gasteiger partial charge in [0.1, 0.15) is 0 Å². The summed E-state index contributed by atoms with van der Waals surface area (Å²) in [6, 6.07) is 0. The lowest BCUT2D eigenvalue weighted by molar-refractivity contribution is -0.0417. The molecule has 4 aliphatic rings. The third kappa shape index (κ3) is 2.15. The average molecular weight is 326 g/mol. The Hall–Kier alpha value is -0.850. The minimum Gasteiger partial charge on any atom is -0.297 e. The van der Waals surface area contributed by atoms with E-state index in [0.29, 0.717) is 10.8 Å². The first kappa shape index (κ1) is 16.6. The average Bonchev–Trinajstić information content (AvgIpc) is 2.92. The molecule has 1 nitrogen and oxygen atoms in total. The fraction of sp³-hybridized carbons (Fsp3) is 0.783. The number of nitrogens with zero attached hydrogens (tertiary/aromatic N) is 1. The third-order valence-corrected chi connectivity index (χ3v) is 8.94. The minimum atomic E-state index is 0.470. The van der Waals surface area contributed by atoms with E-state index in [9.17, 15) is 0 Å². The van der Waals surface area contributed by atoms with Crippen LogP contribution in [0.4, 0.5) is 0 Å². The Kier molecular flexibility index (Phi) is 3.86. The maximum absolute atomic E-state index is 4.60. The lowest BCUT2D eigenvalue weighted by Crippen LogP contribution is -2.50. The summed E-state index contributed by atoms with van der Waals surface area (Å²) in [5.74, 6) is 3.54. The first-order valence-corrected chi connectivity index (χ1v) is 10.2. The van der Waals surface area contributed by atoms with Crippen molar-refractivity contribution in [1.82, 2.24) is 0 Å². The van der Waals surface area contributed by atoms with E-state index in [1.54, 1.807) is 5.57 Å². The van der Waals surface area contributed by atoms with Crippen molar-refractivity contribution in [2.24, 2.45) is 39.5 Å². The number of fused-ring (bicyclic) bond motifs is 5. The molecule has 0 radical (unpaired) electrons. The summed E-state index contributed by atoms with van der Waals surface area (Å²) >= 11 is 0. The van der Waals surface area contributed by atoms with Gasteiger partial charge in [-0.15, -0.1) is 0 Å². The fourth-order valence-electron chi connectivity index (χ4n) is 7.49. The molecule has 0 aromatic carbocycles. The van der Waals surface area contributed by atoms with Gasteiger partial charge in [-0.05, 0) is 86.9 Å². The predicted molar refractivity (Wildman–Crippen MR) is 103 cm³/mol. The molecule has 0 saturated heterocycles. The van der Waals surface area contributed by atoms with Crippen LogP contribution in [-0.4, -0.2) is 12.8 Å². The van der Waals surface area contributed by atoms with E-state index >= 15 is 0 Å². The number of aliphatic imine (C=N–C) groups is 1. The molecule has 0 aliphatic heterocycles. The molecule has 0 spiro atoms. The van der Waals surface area contributed by atoms with Gasteiger partial charge in [0, 0.05) is 18.7 Å². The highest BCUT2D eigenvalue weighted by Crippen LogP contribution is 2.66. The van der Waals surface area contributed by atoms with Crippen molar-refractivity contribution in [2.45, 2.75) is 72.1 Å². The molecule has 0 bridgehead atoms. The Morgan fingerprint density at radius 2 is 1.88 bits per heavy atom. The highest BCUT2D eigenvalue weighted by Gasteiger charge is 2.58. The summed E-state index contributed by atoms with van der Waals surface area (Å²) in [7, 11) is 1.99. The zero-order chi connectivity index (χ0) is 17.1. The molecular weight excluding hydrogens is 290 g/mol. The lowest BCUT2D eigenvalue weighted by Gasteiger charge is -2.58. The van der Waals surface area contributed by atoms with E-state index in [2.05, 4.69) is 38.4 Å². The minimum absolute atomic E-state index is 0.470. The fourth-order valence-corrected chi connectivity index (χ4v) is 7.49. The van der Waals surface area contributed by atoms with Crippen LogP contribution >= 0.6 is 0 Å². The van der Waals surface area contributed by atoms with E-state index in [0.717, 1.165) is 23.7 Å². The summed E-state index contributed by atoms with van der Waals surface area (Å²) in [5.41, 5.74) is 5.51. The van der Waals surface area contributed by atoms with E-state index in [-0.39, 0.29) is 0 Å². The quantitative estimate of drug-likeness (QED) is 0.508. The zero-order valence-corrected chi connectivity index (χ0v) is 16.2. The maximum Gasteiger partial charge on any atom is 0.0276 e. The molecule has 4 aliphatic carbocycles. The van der Waals surface area contributed by atoms with Crippen LogP contribution in [0.2, 0.25) is 0 Å². The van der Waals surface area contributed by atoms with Crippen LogP contribution in [0.3, 0.4) is 0 Å². The maximum atomic E-state index is 4.60. The van der Waals surface area contributed by atoms with Gasteiger partial charge >= 0.3 is 0 Å². The molecule has 0 heterocycles. The van der Waals surface area contributed by atoms with Crippen LogP contribution in [-0.2, 0) is 0 Å². The Labute approximate surface area is 148 Å². The Balaban J connectivity index is 1.66. The van der Waals surface area contributed by atoms with Gasteiger partial charge in [0.2, 0.25) is 0 Å². The van der Waals surface area contributed by atoms with Gasteiger partial charge in [-0.1, -0.05) is 37.6 Å². The molecule has 0 N–H and O–H groups in total. The van der Waals surface area contributed by atoms with Crippen LogP contribution in [0.15, 0.2) is 28.8 Å². The van der Waals surface area contributed by atoms with E-state index in [1.807, 2.05) is 7.05 Å². The molecule has 6 unspecified atom stereocenters. The van der Waals surface area contributed by atoms with Crippen molar-refractivity contribution < 1.29 is 0 Å². The second-order valence-corrected chi connectivity index (χ2v) is 9.70. The smallest absolute Gasteiger partial charge is 0.0276 e. The Morgan fingerprint density at radius 1 is 1.08 bits per heavy atom. The second kappa shape index (κ2) is 5.58. The predicted octanol–water partition coefficient (Wildman–Crippen LogP) is 6.21. The van der Waals surface area contributed by atoms with Gasteiger partial charge in [0.05, 0.1) is 0 Å². The van der Waals surface area contributed by atoms with Crippen LogP contribution in [0.1, 0.15) is 72.1 Å². The standard InChI is InChI=1S/C23H35N/c1-15-10-12-22(3)17(14-15)6-7-18-20-9-8-19(16(2)24-5)23(20,4)13-11-21(18)22/h14,18-21H,1,6-13H2,2-5H3/b24-16+. The highest BCUT2D eigenvalue weighted by atomic mass is 14.7. The van der Waals surface area contributed by atoms with Gasteiger partial charge in [0.15, 0.2) is 0 Å². The van der Waals surface area contributed by atoms with Crippen LogP contribution < -0.4 is 0 Å². The first-order valence-electron chi connectivity index (χ1n) is 10.2. The first-order chi connectivity index (χ1) is 11.4. The molecule has 3 fully saturated rings. The summed E-state index contributed by atoms with van der Waals surface area (Å²) < 4.78 is 0. The molecule has 132 valence electrons. The molecule has 24 heavy (non-hydrogen) atoms. The van der Waals surface area contributed by atoms with Crippen LogP contribution in [0.5, 0.6) is 0 Å². The van der Waals surface area contributed by atoms with Crippen molar-refractivity contribution in [3.8, 4) is 0 Å². The number of hydrogen-bond acceptors (Lipinski definition) is 1. The van der Waals surface area contributed by atoms with Crippen LogP contribution in [0.25, 0.3) is 0 Å². The molecule has 0 aromatic rings. The molecule has 1 heteroatoms. The summed E-state index contributed by atoms with van der Waals surface area (Å²) in [4.78, 5) is 4.60. The van der Waals surface area contributed by atoms with E-state index in [4.69, 9.17) is 0 Å². The van der Waals surface area contributed by atoms with Gasteiger partial charge in [-0.2, -0.15) is 0 Å². The summed E-state index contributed by atoms with van der Waals surface area (Å²) in [5, 5.41) is 0. The van der Waals surface area contributed by atoms with Crippen molar-refractivity contribution in [1.29, 1.82) is 0 Å². The monoisotopic (exact) mass is 325 g/mol. The zero-order valence-electron chi connectivity index (χ0n) is 16.2. The topological polar surface area (TPSA) is 12.4 Å². The van der Waals surface area contributed by atoms with Gasteiger partial charge in [-0.25, -0.2) is 0 Å². The number of allylic oxidation sites excluding steroid dienone is 3. The number of hydrogen-bond donors (Lipinski definition) is 0. The van der Waals surface area contributed by atoms with Gasteiger partial charge in [0.25, 0.3) is 0 Å². The molecular formula is C23H35N. The van der Waals surface area contributed by atoms with Crippen molar-refractivity contribution in [3.63, 3.8) is 0 Å². The van der Waals surface area contributed by atoms with Crippen molar-refractivity contribution in [3.05, 3.63) is 23.8 Å².